The summed E-state index contributed by atoms with van der Waals surface area (Å²) in [6, 6.07) is 0. The molecule has 7 heteroatoms. The number of carboxylic acids is 2. The molecule has 1 saturated carbocycles. The van der Waals surface area contributed by atoms with Crippen LogP contribution in [0.2, 0.25) is 0 Å². The average Bonchev–Trinajstić information content (AvgIpc) is 2.30. The van der Waals surface area contributed by atoms with Crippen LogP contribution in [0.1, 0.15) is 46.0 Å². The summed E-state index contributed by atoms with van der Waals surface area (Å²) in [5, 5.41) is 21.2. The van der Waals surface area contributed by atoms with Crippen molar-refractivity contribution in [2.24, 2.45) is 17.8 Å². The van der Waals surface area contributed by atoms with Crippen molar-refractivity contribution in [1.82, 2.24) is 0 Å². The van der Waals surface area contributed by atoms with Gasteiger partial charge in [-0.3, -0.25) is 4.79 Å². The number of rotatable bonds is 6. The van der Waals surface area contributed by atoms with Crippen LogP contribution >= 0.6 is 0 Å². The first-order valence-electron chi connectivity index (χ1n) is 6.92. The Hall–Kier alpha value is 0.350. The van der Waals surface area contributed by atoms with Crippen LogP contribution in [0.4, 0.5) is 0 Å². The molecule has 2 atom stereocenters. The largest absolute Gasteiger partial charge is 1.00 e. The second-order valence-electron chi connectivity index (χ2n) is 5.79. The van der Waals surface area contributed by atoms with Crippen LogP contribution in [0.15, 0.2) is 11.6 Å². The Labute approximate surface area is 175 Å². The van der Waals surface area contributed by atoms with E-state index in [1.165, 1.54) is 0 Å². The Morgan fingerprint density at radius 1 is 1.18 bits per heavy atom. The monoisotopic (exact) mass is 326 g/mol. The number of carbonyl (C=O) groups excluding carboxylic acids is 3. The first-order valence-corrected chi connectivity index (χ1v) is 6.92. The molecule has 0 aliphatic heterocycles. The van der Waals surface area contributed by atoms with Gasteiger partial charge < -0.3 is 19.8 Å². The fraction of sp³-hybridized carbons (Fsp3) is 0.667. The summed E-state index contributed by atoms with van der Waals surface area (Å²) in [5.74, 6) is -2.68. The average molecular weight is 326 g/mol. The van der Waals surface area contributed by atoms with E-state index >= 15 is 0 Å². The Bertz CT molecular complexity index is 418. The molecule has 0 amide bonds. The fourth-order valence-electron chi connectivity index (χ4n) is 2.79. The van der Waals surface area contributed by atoms with Crippen LogP contribution in [0.25, 0.3) is 0 Å². The molecule has 1 aliphatic carbocycles. The van der Waals surface area contributed by atoms with Gasteiger partial charge in [-0.25, -0.2) is 0 Å². The zero-order valence-electron chi connectivity index (χ0n) is 13.9. The third-order valence-electron chi connectivity index (χ3n) is 3.70. The van der Waals surface area contributed by atoms with Gasteiger partial charge in [0.1, 0.15) is 0 Å². The van der Waals surface area contributed by atoms with Gasteiger partial charge in [-0.15, -0.1) is 0 Å². The van der Waals surface area contributed by atoms with Gasteiger partial charge in [0.2, 0.25) is 0 Å². The topological polar surface area (TPSA) is 97.3 Å². The van der Waals surface area contributed by atoms with Gasteiger partial charge in [0.05, 0.1) is 0 Å². The van der Waals surface area contributed by atoms with Crippen LogP contribution in [-0.4, -0.2) is 17.7 Å². The maximum Gasteiger partial charge on any atom is 1.00 e. The van der Waals surface area contributed by atoms with Crippen molar-refractivity contribution in [3.05, 3.63) is 11.6 Å². The first-order chi connectivity index (χ1) is 9.29. The summed E-state index contributed by atoms with van der Waals surface area (Å²) in [7, 11) is 0. The van der Waals surface area contributed by atoms with E-state index in [1.54, 1.807) is 6.08 Å². The maximum atomic E-state index is 12.0. The number of allylic oxidation sites excluding steroid dienone is 2. The molecule has 0 saturated heterocycles. The van der Waals surface area contributed by atoms with Crippen molar-refractivity contribution < 1.29 is 83.7 Å². The minimum absolute atomic E-state index is 0. The van der Waals surface area contributed by atoms with E-state index in [0.717, 1.165) is 6.42 Å². The molecule has 0 aromatic rings. The second-order valence-corrected chi connectivity index (χ2v) is 5.79. The van der Waals surface area contributed by atoms with Crippen molar-refractivity contribution in [1.29, 1.82) is 0 Å². The summed E-state index contributed by atoms with van der Waals surface area (Å²) in [4.78, 5) is 33.2. The molecule has 0 N–H and O–H groups in total. The third-order valence-corrected chi connectivity index (χ3v) is 3.70. The molecule has 22 heavy (non-hydrogen) atoms. The van der Waals surface area contributed by atoms with E-state index in [9.17, 15) is 24.6 Å². The molecule has 1 aliphatic rings. The third kappa shape index (κ3) is 8.85. The Balaban J connectivity index is 0. The summed E-state index contributed by atoms with van der Waals surface area (Å²) < 4.78 is 0. The molecule has 0 bridgehead atoms. The summed E-state index contributed by atoms with van der Waals surface area (Å²) in [5.41, 5.74) is 0.693. The number of aliphatic carboxylic acids is 2. The van der Waals surface area contributed by atoms with Gasteiger partial charge in [-0.2, -0.15) is 0 Å². The van der Waals surface area contributed by atoms with E-state index in [2.05, 4.69) is 6.92 Å². The molecule has 5 nitrogen and oxygen atoms in total. The fourth-order valence-corrected chi connectivity index (χ4v) is 2.79. The van der Waals surface area contributed by atoms with Crippen LogP contribution in [-0.2, 0) is 14.4 Å². The minimum atomic E-state index is -1.29. The number of Topliss-reactive ketones (excluding diaryl/α,β-unsaturated/α-hetero) is 1. The molecule has 0 aromatic heterocycles. The van der Waals surface area contributed by atoms with Gasteiger partial charge in [0, 0.05) is 17.9 Å². The number of carbonyl (C=O) groups is 3. The Morgan fingerprint density at radius 2 is 1.68 bits per heavy atom. The summed E-state index contributed by atoms with van der Waals surface area (Å²) in [6.07, 6.45) is 2.81. The van der Waals surface area contributed by atoms with Crippen molar-refractivity contribution in [2.45, 2.75) is 46.0 Å². The van der Waals surface area contributed by atoms with Gasteiger partial charge in [0.15, 0.2) is 5.78 Å². The van der Waals surface area contributed by atoms with Crippen LogP contribution in [0, 0.1) is 17.8 Å². The number of hydrogen-bond acceptors (Lipinski definition) is 5. The van der Waals surface area contributed by atoms with Crippen molar-refractivity contribution >= 4 is 17.7 Å². The van der Waals surface area contributed by atoms with Gasteiger partial charge in [0.25, 0.3) is 0 Å². The zero-order valence-corrected chi connectivity index (χ0v) is 17.9. The standard InChI is InChI=1S/C15H22O5.2Na/c1-9-5-10(2)15(20)12(6-9)4-3-11(7-13(16)17)8-14(18)19;;/h4,9-11H,3,5-8H2,1-2H3,(H,16,17)(H,18,19);;/q;2*+1/p-2/b12-4+;;. The van der Waals surface area contributed by atoms with Crippen molar-refractivity contribution in [3.63, 3.8) is 0 Å². The molecular formula is C15H20Na2O5. The SMILES string of the molecule is CC1C/C(=C\CC(CC(=O)[O-])CC(=O)[O-])C(=O)C(C)C1.[Na+].[Na+]. The molecular weight excluding hydrogens is 306 g/mol. The summed E-state index contributed by atoms with van der Waals surface area (Å²) in [6.45, 7) is 3.95. The van der Waals surface area contributed by atoms with E-state index in [0.29, 0.717) is 17.9 Å². The van der Waals surface area contributed by atoms with Crippen LogP contribution in [0.5, 0.6) is 0 Å². The van der Waals surface area contributed by atoms with Crippen molar-refractivity contribution in [2.75, 3.05) is 0 Å². The molecule has 112 valence electrons. The first kappa shape index (κ1) is 24.6. The second kappa shape index (κ2) is 11.8. The Kier molecular flexibility index (Phi) is 13.2. The van der Waals surface area contributed by atoms with Crippen LogP contribution in [0.3, 0.4) is 0 Å². The maximum absolute atomic E-state index is 12.0. The molecule has 0 spiro atoms. The number of carboxylic acid groups (broad SMARTS) is 2. The molecule has 0 aromatic carbocycles. The van der Waals surface area contributed by atoms with Gasteiger partial charge in [-0.1, -0.05) is 19.9 Å². The quantitative estimate of drug-likeness (QED) is 0.357. The number of hydrogen-bond donors (Lipinski definition) is 0. The molecule has 2 unspecified atom stereocenters. The smallest absolute Gasteiger partial charge is 0.550 e. The molecule has 1 fully saturated rings. The normalized spacial score (nSPS) is 22.9. The van der Waals surface area contributed by atoms with Gasteiger partial charge >= 0.3 is 59.1 Å². The predicted molar refractivity (Wildman–Crippen MR) is 68.0 cm³/mol. The molecule has 1 rings (SSSR count). The molecule has 0 heterocycles. The van der Waals surface area contributed by atoms with Gasteiger partial charge in [-0.05, 0) is 49.5 Å². The molecule has 0 radical (unpaired) electrons. The van der Waals surface area contributed by atoms with Crippen LogP contribution < -0.4 is 69.3 Å². The predicted octanol–water partition coefficient (Wildman–Crippen LogP) is -6.16. The van der Waals surface area contributed by atoms with E-state index in [4.69, 9.17) is 0 Å². The van der Waals surface area contributed by atoms with E-state index in [-0.39, 0.29) is 90.1 Å². The van der Waals surface area contributed by atoms with E-state index < -0.39 is 17.9 Å². The van der Waals surface area contributed by atoms with Crippen molar-refractivity contribution in [3.8, 4) is 0 Å². The zero-order chi connectivity index (χ0) is 15.3. The Morgan fingerprint density at radius 3 is 2.14 bits per heavy atom. The minimum Gasteiger partial charge on any atom is -0.550 e. The summed E-state index contributed by atoms with van der Waals surface area (Å²) >= 11 is 0. The number of ketones is 1. The van der Waals surface area contributed by atoms with E-state index in [1.807, 2.05) is 6.92 Å².